The van der Waals surface area contributed by atoms with Gasteiger partial charge in [-0.15, -0.1) is 0 Å². The maximum atomic E-state index is 12.0. The number of furan rings is 1. The number of nitrogens with two attached hydrogens (primary N) is 1. The summed E-state index contributed by atoms with van der Waals surface area (Å²) in [5.74, 6) is -3.00. The van der Waals surface area contributed by atoms with Crippen molar-refractivity contribution < 1.29 is 23.9 Å². The van der Waals surface area contributed by atoms with Gasteiger partial charge in [-0.25, -0.2) is 0 Å². The van der Waals surface area contributed by atoms with Gasteiger partial charge in [-0.2, -0.15) is 0 Å². The van der Waals surface area contributed by atoms with Gasteiger partial charge in [0.2, 0.25) is 5.76 Å². The van der Waals surface area contributed by atoms with Gasteiger partial charge in [-0.05, 0) is 18.6 Å². The Balaban J connectivity index is 2.27. The zero-order chi connectivity index (χ0) is 17.0. The quantitative estimate of drug-likeness (QED) is 0.590. The zero-order valence-electron chi connectivity index (χ0n) is 12.5. The van der Waals surface area contributed by atoms with Crippen LogP contribution in [0.3, 0.4) is 0 Å². The Morgan fingerprint density at radius 1 is 1.26 bits per heavy atom. The second kappa shape index (κ2) is 6.93. The van der Waals surface area contributed by atoms with E-state index in [9.17, 15) is 14.4 Å². The summed E-state index contributed by atoms with van der Waals surface area (Å²) >= 11 is 0. The van der Waals surface area contributed by atoms with Crippen LogP contribution in [0.5, 0.6) is 0 Å². The highest BCUT2D eigenvalue weighted by molar-refractivity contribution is 6.40. The second-order valence-electron chi connectivity index (χ2n) is 4.88. The lowest BCUT2D eigenvalue weighted by Gasteiger charge is -2.13. The van der Waals surface area contributed by atoms with Gasteiger partial charge in [-0.3, -0.25) is 14.4 Å². The molecule has 2 rings (SSSR count). The monoisotopic (exact) mass is 319 g/mol. The van der Waals surface area contributed by atoms with Crippen molar-refractivity contribution in [2.45, 2.75) is 19.4 Å². The fraction of sp³-hybridized carbons (Fsp3) is 0.267. The molecule has 1 aromatic heterocycles. The number of para-hydroxylation sites is 1. The molecule has 0 radical (unpaired) electrons. The molecule has 1 unspecified atom stereocenters. The van der Waals surface area contributed by atoms with Crippen molar-refractivity contribution in [3.05, 3.63) is 30.0 Å². The van der Waals surface area contributed by atoms with E-state index >= 15 is 0 Å². The van der Waals surface area contributed by atoms with Crippen molar-refractivity contribution in [1.82, 2.24) is 5.32 Å². The highest BCUT2D eigenvalue weighted by Crippen LogP contribution is 2.30. The van der Waals surface area contributed by atoms with Crippen LogP contribution in [0.15, 0.2) is 28.7 Å². The highest BCUT2D eigenvalue weighted by Gasteiger charge is 2.24. The van der Waals surface area contributed by atoms with Crippen LogP contribution in [0, 0.1) is 0 Å². The van der Waals surface area contributed by atoms with Crippen LogP contribution in [0.25, 0.3) is 11.0 Å². The van der Waals surface area contributed by atoms with E-state index in [1.165, 1.54) is 0 Å². The van der Waals surface area contributed by atoms with E-state index in [2.05, 4.69) is 10.6 Å². The first-order valence-corrected chi connectivity index (χ1v) is 7.02. The van der Waals surface area contributed by atoms with Crippen LogP contribution in [0.4, 0.5) is 5.69 Å². The van der Waals surface area contributed by atoms with E-state index in [-0.39, 0.29) is 18.1 Å². The summed E-state index contributed by atoms with van der Waals surface area (Å²) in [5.41, 5.74) is 5.64. The number of amides is 3. The van der Waals surface area contributed by atoms with E-state index in [4.69, 9.17) is 15.3 Å². The zero-order valence-corrected chi connectivity index (χ0v) is 12.5. The number of fused-ring (bicyclic) bond motifs is 1. The summed E-state index contributed by atoms with van der Waals surface area (Å²) in [6, 6.07) is 6.10. The van der Waals surface area contributed by atoms with Crippen molar-refractivity contribution in [3.63, 3.8) is 0 Å². The van der Waals surface area contributed by atoms with Crippen molar-refractivity contribution in [1.29, 1.82) is 0 Å². The molecule has 0 aliphatic heterocycles. The number of aliphatic hydroxyl groups is 1. The summed E-state index contributed by atoms with van der Waals surface area (Å²) in [7, 11) is 0. The molecule has 1 heterocycles. The Labute approximate surface area is 131 Å². The normalized spacial score (nSPS) is 11.9. The molecule has 0 aliphatic rings. The first-order valence-electron chi connectivity index (χ1n) is 7.02. The van der Waals surface area contributed by atoms with Crippen LogP contribution in [0.1, 0.15) is 23.9 Å². The van der Waals surface area contributed by atoms with Crippen LogP contribution in [-0.4, -0.2) is 35.5 Å². The average Bonchev–Trinajstić information content (AvgIpc) is 2.91. The Morgan fingerprint density at radius 2 is 1.96 bits per heavy atom. The predicted octanol–water partition coefficient (Wildman–Crippen LogP) is 0.357. The van der Waals surface area contributed by atoms with E-state index in [0.29, 0.717) is 17.4 Å². The van der Waals surface area contributed by atoms with Crippen molar-refractivity contribution in [2.24, 2.45) is 5.73 Å². The summed E-state index contributed by atoms with van der Waals surface area (Å²) in [6.07, 6.45) is 0.469. The number of hydrogen-bond acceptors (Lipinski definition) is 5. The molecule has 122 valence electrons. The first kappa shape index (κ1) is 16.5. The minimum atomic E-state index is -0.981. The van der Waals surface area contributed by atoms with Gasteiger partial charge in [0.05, 0.1) is 12.6 Å². The molecular formula is C15H17N3O5. The van der Waals surface area contributed by atoms with Crippen LogP contribution < -0.4 is 16.4 Å². The van der Waals surface area contributed by atoms with Crippen molar-refractivity contribution in [3.8, 4) is 0 Å². The van der Waals surface area contributed by atoms with E-state index in [0.717, 1.165) is 0 Å². The highest BCUT2D eigenvalue weighted by atomic mass is 16.3. The molecule has 2 aromatic rings. The molecule has 8 nitrogen and oxygen atoms in total. The minimum absolute atomic E-state index is 0.0466. The minimum Gasteiger partial charge on any atom is -0.449 e. The third-order valence-corrected chi connectivity index (χ3v) is 3.31. The molecular weight excluding hydrogens is 302 g/mol. The van der Waals surface area contributed by atoms with Crippen LogP contribution in [0.2, 0.25) is 0 Å². The Morgan fingerprint density at radius 3 is 2.57 bits per heavy atom. The van der Waals surface area contributed by atoms with Crippen LogP contribution >= 0.6 is 0 Å². The SMILES string of the molecule is CCC(CO)NC(=O)C(=O)Nc1c(C(N)=O)oc2ccccc12. The fourth-order valence-electron chi connectivity index (χ4n) is 2.04. The third kappa shape index (κ3) is 3.49. The number of nitrogens with one attached hydrogen (secondary N) is 2. The number of hydrogen-bond donors (Lipinski definition) is 4. The third-order valence-electron chi connectivity index (χ3n) is 3.31. The van der Waals surface area contributed by atoms with Gasteiger partial charge in [0.25, 0.3) is 5.91 Å². The largest absolute Gasteiger partial charge is 0.449 e. The molecule has 0 aliphatic carbocycles. The van der Waals surface area contributed by atoms with Gasteiger partial charge in [-0.1, -0.05) is 19.1 Å². The molecule has 0 fully saturated rings. The number of rotatable bonds is 5. The molecule has 23 heavy (non-hydrogen) atoms. The van der Waals surface area contributed by atoms with E-state index < -0.39 is 23.8 Å². The van der Waals surface area contributed by atoms with Gasteiger partial charge in [0.1, 0.15) is 11.3 Å². The lowest BCUT2D eigenvalue weighted by molar-refractivity contribution is -0.136. The van der Waals surface area contributed by atoms with Gasteiger partial charge < -0.3 is 25.9 Å². The van der Waals surface area contributed by atoms with Crippen molar-refractivity contribution >= 4 is 34.4 Å². The lowest BCUT2D eigenvalue weighted by Crippen LogP contribution is -2.43. The van der Waals surface area contributed by atoms with Crippen LogP contribution in [-0.2, 0) is 9.59 Å². The molecule has 0 saturated carbocycles. The van der Waals surface area contributed by atoms with E-state index in [1.807, 2.05) is 0 Å². The van der Waals surface area contributed by atoms with Gasteiger partial charge in [0.15, 0.2) is 0 Å². The number of aliphatic hydroxyl groups excluding tert-OH is 1. The maximum absolute atomic E-state index is 12.0. The number of anilines is 1. The Hall–Kier alpha value is -2.87. The standard InChI is InChI=1S/C15H17N3O5/c1-2-8(7-19)17-14(21)15(22)18-11-9-5-3-4-6-10(9)23-12(11)13(16)20/h3-6,8,19H,2,7H2,1H3,(H2,16,20)(H,17,21)(H,18,22). The first-order chi connectivity index (χ1) is 11.0. The number of carbonyl (C=O) groups excluding carboxylic acids is 3. The average molecular weight is 319 g/mol. The molecule has 3 amide bonds. The molecule has 0 bridgehead atoms. The van der Waals surface area contributed by atoms with E-state index in [1.54, 1.807) is 31.2 Å². The fourth-order valence-corrected chi connectivity index (χ4v) is 2.04. The summed E-state index contributed by atoms with van der Waals surface area (Å²) in [4.78, 5) is 35.3. The molecule has 0 spiro atoms. The summed E-state index contributed by atoms with van der Waals surface area (Å²) in [5, 5.41) is 14.2. The van der Waals surface area contributed by atoms with Gasteiger partial charge in [0, 0.05) is 5.39 Å². The number of benzene rings is 1. The topological polar surface area (TPSA) is 135 Å². The molecule has 1 atom stereocenters. The van der Waals surface area contributed by atoms with Crippen molar-refractivity contribution in [2.75, 3.05) is 11.9 Å². The second-order valence-corrected chi connectivity index (χ2v) is 4.88. The Bertz CT molecular complexity index is 749. The Kier molecular flexibility index (Phi) is 4.97. The lowest BCUT2D eigenvalue weighted by atomic mass is 10.2. The predicted molar refractivity (Wildman–Crippen MR) is 82.7 cm³/mol. The smallest absolute Gasteiger partial charge is 0.313 e. The molecule has 0 saturated heterocycles. The summed E-state index contributed by atoms with van der Waals surface area (Å²) < 4.78 is 5.30. The summed E-state index contributed by atoms with van der Waals surface area (Å²) in [6.45, 7) is 1.48. The molecule has 8 heteroatoms. The number of carbonyl (C=O) groups is 3. The molecule has 5 N–H and O–H groups in total. The maximum Gasteiger partial charge on any atom is 0.313 e. The molecule has 1 aromatic carbocycles. The van der Waals surface area contributed by atoms with Gasteiger partial charge >= 0.3 is 11.8 Å². The number of primary amides is 1.